The van der Waals surface area contributed by atoms with Crippen molar-refractivity contribution in [3.05, 3.63) is 65.5 Å². The van der Waals surface area contributed by atoms with Gasteiger partial charge in [0, 0.05) is 57.6 Å². The summed E-state index contributed by atoms with van der Waals surface area (Å²) in [6.07, 6.45) is 2.64. The number of nitrogens with zero attached hydrogens (tertiary/aromatic N) is 4. The predicted molar refractivity (Wildman–Crippen MR) is 110 cm³/mol. The van der Waals surface area contributed by atoms with Crippen molar-refractivity contribution in [3.63, 3.8) is 0 Å². The van der Waals surface area contributed by atoms with Crippen molar-refractivity contribution in [2.45, 2.75) is 19.5 Å². The van der Waals surface area contributed by atoms with E-state index in [2.05, 4.69) is 56.4 Å². The van der Waals surface area contributed by atoms with E-state index in [0.29, 0.717) is 12.5 Å². The molecule has 0 radical (unpaired) electrons. The van der Waals surface area contributed by atoms with Crippen LogP contribution in [-0.2, 0) is 19.5 Å². The molecule has 0 unspecified atom stereocenters. The van der Waals surface area contributed by atoms with Gasteiger partial charge in [-0.05, 0) is 30.3 Å². The van der Waals surface area contributed by atoms with E-state index in [1.54, 1.807) is 6.20 Å². The Hall–Kier alpha value is -2.44. The van der Waals surface area contributed by atoms with Gasteiger partial charge >= 0.3 is 0 Å². The highest BCUT2D eigenvalue weighted by atomic mass is 15.2. The lowest BCUT2D eigenvalue weighted by atomic mass is 10.1. The maximum Gasteiger partial charge on any atom is 0.188 e. The number of nitrogens with two attached hydrogens (primary N) is 1. The summed E-state index contributed by atoms with van der Waals surface area (Å²) in [5, 5.41) is 3.15. The third-order valence-electron chi connectivity index (χ3n) is 4.87. The zero-order valence-corrected chi connectivity index (χ0v) is 16.1. The number of piperazine rings is 1. The Labute approximate surface area is 162 Å². The van der Waals surface area contributed by atoms with Crippen LogP contribution in [0.4, 0.5) is 0 Å². The highest BCUT2D eigenvalue weighted by Gasteiger charge is 2.13. The van der Waals surface area contributed by atoms with E-state index in [1.165, 1.54) is 11.1 Å². The Balaban J connectivity index is 1.40. The Morgan fingerprint density at radius 3 is 2.52 bits per heavy atom. The van der Waals surface area contributed by atoms with Crippen molar-refractivity contribution in [1.29, 1.82) is 0 Å². The predicted octanol–water partition coefficient (Wildman–Crippen LogP) is 1.48. The number of aliphatic imine (C=N–C) groups is 1. The van der Waals surface area contributed by atoms with Gasteiger partial charge in [0.1, 0.15) is 0 Å². The molecule has 1 aliphatic rings. The molecule has 0 amide bonds. The molecular weight excluding hydrogens is 336 g/mol. The van der Waals surface area contributed by atoms with Crippen LogP contribution >= 0.6 is 0 Å². The minimum absolute atomic E-state index is 0.479. The molecule has 0 spiro atoms. The van der Waals surface area contributed by atoms with Crippen molar-refractivity contribution in [1.82, 2.24) is 20.1 Å². The molecule has 0 aliphatic carbocycles. The van der Waals surface area contributed by atoms with Crippen LogP contribution in [0.15, 0.2) is 53.7 Å². The second-order valence-electron chi connectivity index (χ2n) is 7.10. The smallest absolute Gasteiger partial charge is 0.188 e. The van der Waals surface area contributed by atoms with E-state index in [0.717, 1.165) is 51.4 Å². The van der Waals surface area contributed by atoms with Crippen LogP contribution in [0.2, 0.25) is 0 Å². The lowest BCUT2D eigenvalue weighted by Crippen LogP contribution is -2.43. The third-order valence-corrected chi connectivity index (χ3v) is 4.87. The van der Waals surface area contributed by atoms with E-state index in [4.69, 9.17) is 5.73 Å². The zero-order valence-electron chi connectivity index (χ0n) is 16.1. The van der Waals surface area contributed by atoms with Gasteiger partial charge in [-0.15, -0.1) is 0 Å². The summed E-state index contributed by atoms with van der Waals surface area (Å²) in [4.78, 5) is 13.6. The fourth-order valence-electron chi connectivity index (χ4n) is 3.11. The van der Waals surface area contributed by atoms with Crippen LogP contribution < -0.4 is 11.1 Å². The average Bonchev–Trinajstić information content (AvgIpc) is 2.70. The third kappa shape index (κ3) is 6.66. The standard InChI is InChI=1S/C21H30N6/c1-26-12-14-27(15-13-26)17-19-7-5-18(6-8-19)16-25-21(22)24-11-9-20-4-2-3-10-23-20/h2-8,10H,9,11-17H2,1H3,(H3,22,24,25). The average molecular weight is 367 g/mol. The molecule has 144 valence electrons. The fraction of sp³-hybridized carbons (Fsp3) is 0.429. The first-order valence-electron chi connectivity index (χ1n) is 9.61. The minimum Gasteiger partial charge on any atom is -0.370 e. The van der Waals surface area contributed by atoms with Crippen LogP contribution in [0.1, 0.15) is 16.8 Å². The van der Waals surface area contributed by atoms with Gasteiger partial charge in [-0.25, -0.2) is 4.99 Å². The first-order valence-corrected chi connectivity index (χ1v) is 9.61. The second-order valence-corrected chi connectivity index (χ2v) is 7.10. The van der Waals surface area contributed by atoms with E-state index in [-0.39, 0.29) is 0 Å². The number of likely N-dealkylation sites (N-methyl/N-ethyl adjacent to an activating group) is 1. The molecule has 0 saturated carbocycles. The summed E-state index contributed by atoms with van der Waals surface area (Å²) >= 11 is 0. The quantitative estimate of drug-likeness (QED) is 0.574. The number of guanidine groups is 1. The number of hydrogen-bond donors (Lipinski definition) is 2. The molecule has 0 atom stereocenters. The largest absolute Gasteiger partial charge is 0.370 e. The molecule has 2 aromatic rings. The van der Waals surface area contributed by atoms with Crippen LogP contribution in [0.5, 0.6) is 0 Å². The number of rotatable bonds is 7. The fourth-order valence-corrected chi connectivity index (χ4v) is 3.11. The van der Waals surface area contributed by atoms with Crippen molar-refractivity contribution in [2.75, 3.05) is 39.8 Å². The molecule has 6 nitrogen and oxygen atoms in total. The van der Waals surface area contributed by atoms with E-state index in [9.17, 15) is 0 Å². The summed E-state index contributed by atoms with van der Waals surface area (Å²) in [5.41, 5.74) is 9.54. The lowest BCUT2D eigenvalue weighted by molar-refractivity contribution is 0.148. The normalized spacial score (nSPS) is 16.4. The Morgan fingerprint density at radius 2 is 1.81 bits per heavy atom. The second kappa shape index (κ2) is 10.0. The van der Waals surface area contributed by atoms with Gasteiger partial charge in [-0.3, -0.25) is 9.88 Å². The number of hydrogen-bond acceptors (Lipinski definition) is 4. The topological polar surface area (TPSA) is 69.8 Å². The molecule has 1 fully saturated rings. The molecule has 3 rings (SSSR count). The van der Waals surface area contributed by atoms with Crippen LogP contribution in [0.3, 0.4) is 0 Å². The number of benzene rings is 1. The summed E-state index contributed by atoms with van der Waals surface area (Å²) in [7, 11) is 2.19. The molecule has 3 N–H and O–H groups in total. The van der Waals surface area contributed by atoms with Crippen LogP contribution in [0.25, 0.3) is 0 Å². The lowest BCUT2D eigenvalue weighted by Gasteiger charge is -2.32. The summed E-state index contributed by atoms with van der Waals surface area (Å²) < 4.78 is 0. The molecule has 6 heteroatoms. The summed E-state index contributed by atoms with van der Waals surface area (Å²) in [6, 6.07) is 14.6. The zero-order chi connectivity index (χ0) is 18.9. The molecule has 27 heavy (non-hydrogen) atoms. The Bertz CT molecular complexity index is 705. The minimum atomic E-state index is 0.479. The van der Waals surface area contributed by atoms with E-state index >= 15 is 0 Å². The number of nitrogens with one attached hydrogen (secondary N) is 1. The molecule has 1 aromatic carbocycles. The molecule has 1 saturated heterocycles. The number of aromatic nitrogens is 1. The Kier molecular flexibility index (Phi) is 7.19. The highest BCUT2D eigenvalue weighted by molar-refractivity contribution is 5.77. The molecule has 1 aromatic heterocycles. The molecule has 2 heterocycles. The van der Waals surface area contributed by atoms with Crippen molar-refractivity contribution in [3.8, 4) is 0 Å². The SMILES string of the molecule is CN1CCN(Cc2ccc(CN=C(N)NCCc3ccccn3)cc2)CC1. The maximum absolute atomic E-state index is 5.96. The maximum atomic E-state index is 5.96. The van der Waals surface area contributed by atoms with Gasteiger partial charge < -0.3 is 16.0 Å². The van der Waals surface area contributed by atoms with Crippen LogP contribution in [0, 0.1) is 0 Å². The summed E-state index contributed by atoms with van der Waals surface area (Å²) in [6.45, 7) is 6.94. The molecule has 1 aliphatic heterocycles. The van der Waals surface area contributed by atoms with Crippen molar-refractivity contribution in [2.24, 2.45) is 10.7 Å². The highest BCUT2D eigenvalue weighted by Crippen LogP contribution is 2.10. The van der Waals surface area contributed by atoms with Crippen molar-refractivity contribution < 1.29 is 0 Å². The summed E-state index contributed by atoms with van der Waals surface area (Å²) in [5.74, 6) is 0.479. The van der Waals surface area contributed by atoms with Gasteiger partial charge in [0.25, 0.3) is 0 Å². The van der Waals surface area contributed by atoms with Gasteiger partial charge in [-0.1, -0.05) is 30.3 Å². The molecular formula is C21H30N6. The Morgan fingerprint density at radius 1 is 1.07 bits per heavy atom. The molecule has 0 bridgehead atoms. The van der Waals surface area contributed by atoms with E-state index in [1.807, 2.05) is 18.2 Å². The van der Waals surface area contributed by atoms with Gasteiger partial charge in [0.2, 0.25) is 0 Å². The van der Waals surface area contributed by atoms with Gasteiger partial charge in [0.15, 0.2) is 5.96 Å². The first-order chi connectivity index (χ1) is 13.2. The van der Waals surface area contributed by atoms with Gasteiger partial charge in [-0.2, -0.15) is 0 Å². The van der Waals surface area contributed by atoms with Crippen molar-refractivity contribution >= 4 is 5.96 Å². The number of pyridine rings is 1. The first kappa shape index (κ1) is 19.3. The van der Waals surface area contributed by atoms with Crippen LogP contribution in [-0.4, -0.2) is 60.5 Å². The monoisotopic (exact) mass is 366 g/mol. The van der Waals surface area contributed by atoms with Gasteiger partial charge in [0.05, 0.1) is 6.54 Å². The van der Waals surface area contributed by atoms with E-state index < -0.39 is 0 Å².